The normalized spacial score (nSPS) is 16.6. The number of carbonyl (C=O) groups excluding carboxylic acids is 1. The molecule has 2 rings (SSSR count). The summed E-state index contributed by atoms with van der Waals surface area (Å²) in [6, 6.07) is 7.67. The van der Waals surface area contributed by atoms with Crippen LogP contribution in [0.25, 0.3) is 0 Å². The summed E-state index contributed by atoms with van der Waals surface area (Å²) in [6.07, 6.45) is 1.99. The minimum atomic E-state index is -0.158. The number of anilines is 1. The predicted octanol–water partition coefficient (Wildman–Crippen LogP) is 1.53. The number of urea groups is 1. The monoisotopic (exact) mass is 219 g/mol. The number of carbonyl (C=O) groups is 1. The van der Waals surface area contributed by atoms with E-state index in [4.69, 9.17) is 5.73 Å². The number of nitrogen functional groups attached to an aromatic ring is 1. The van der Waals surface area contributed by atoms with Crippen molar-refractivity contribution >= 4 is 11.7 Å². The molecule has 1 aliphatic carbocycles. The maximum Gasteiger partial charge on any atom is 0.317 e. The Bertz CT molecular complexity index is 393. The number of nitrogens with zero attached hydrogens (tertiary/aromatic N) is 1. The second-order valence-electron chi connectivity index (χ2n) is 4.53. The zero-order valence-electron chi connectivity index (χ0n) is 9.66. The summed E-state index contributed by atoms with van der Waals surface area (Å²) in [7, 11) is 3.49. The summed E-state index contributed by atoms with van der Waals surface area (Å²) < 4.78 is 0. The molecule has 1 aliphatic rings. The van der Waals surface area contributed by atoms with Crippen LogP contribution in [0.2, 0.25) is 0 Å². The van der Waals surface area contributed by atoms with E-state index in [-0.39, 0.29) is 11.6 Å². The van der Waals surface area contributed by atoms with Crippen LogP contribution in [0.3, 0.4) is 0 Å². The van der Waals surface area contributed by atoms with E-state index >= 15 is 0 Å². The number of rotatable bonds is 2. The van der Waals surface area contributed by atoms with Crippen LogP contribution >= 0.6 is 0 Å². The highest BCUT2D eigenvalue weighted by molar-refractivity contribution is 5.75. The van der Waals surface area contributed by atoms with Crippen LogP contribution in [0.1, 0.15) is 18.4 Å². The Morgan fingerprint density at radius 1 is 1.31 bits per heavy atom. The standard InChI is InChI=1S/C12H17N3O/c1-15(2)11(16)14-12(7-8-12)9-3-5-10(13)6-4-9/h3-6H,7-8,13H2,1-2H3,(H,14,16). The fourth-order valence-electron chi connectivity index (χ4n) is 1.73. The maximum atomic E-state index is 11.6. The van der Waals surface area contributed by atoms with Gasteiger partial charge in [0.05, 0.1) is 5.54 Å². The molecular weight excluding hydrogens is 202 g/mol. The molecule has 3 N–H and O–H groups in total. The Balaban J connectivity index is 2.14. The van der Waals surface area contributed by atoms with Gasteiger partial charge in [0.25, 0.3) is 0 Å². The summed E-state index contributed by atoms with van der Waals surface area (Å²) in [5, 5.41) is 3.05. The van der Waals surface area contributed by atoms with Crippen LogP contribution in [0.4, 0.5) is 10.5 Å². The molecule has 0 saturated heterocycles. The second-order valence-corrected chi connectivity index (χ2v) is 4.53. The van der Waals surface area contributed by atoms with E-state index in [2.05, 4.69) is 5.32 Å². The largest absolute Gasteiger partial charge is 0.399 e. The van der Waals surface area contributed by atoms with E-state index in [1.165, 1.54) is 0 Å². The molecule has 0 unspecified atom stereocenters. The zero-order valence-corrected chi connectivity index (χ0v) is 9.66. The molecule has 4 heteroatoms. The van der Waals surface area contributed by atoms with Crippen molar-refractivity contribution in [3.8, 4) is 0 Å². The molecule has 16 heavy (non-hydrogen) atoms. The van der Waals surface area contributed by atoms with Crippen molar-refractivity contribution in [3.63, 3.8) is 0 Å². The first-order valence-electron chi connectivity index (χ1n) is 5.39. The zero-order chi connectivity index (χ0) is 11.8. The molecule has 1 fully saturated rings. The van der Waals surface area contributed by atoms with Crippen LogP contribution in [0, 0.1) is 0 Å². The average molecular weight is 219 g/mol. The first-order chi connectivity index (χ1) is 7.53. The Morgan fingerprint density at radius 3 is 2.31 bits per heavy atom. The van der Waals surface area contributed by atoms with E-state index in [0.717, 1.165) is 24.1 Å². The van der Waals surface area contributed by atoms with Crippen molar-refractivity contribution in [1.82, 2.24) is 10.2 Å². The van der Waals surface area contributed by atoms with E-state index in [0.29, 0.717) is 0 Å². The Morgan fingerprint density at radius 2 is 1.88 bits per heavy atom. The SMILES string of the molecule is CN(C)C(=O)NC1(c2ccc(N)cc2)CC1. The molecule has 0 aliphatic heterocycles. The fraction of sp³-hybridized carbons (Fsp3) is 0.417. The van der Waals surface area contributed by atoms with E-state index in [9.17, 15) is 4.79 Å². The molecule has 0 aromatic heterocycles. The van der Waals surface area contributed by atoms with Gasteiger partial charge in [-0.3, -0.25) is 0 Å². The molecule has 0 radical (unpaired) electrons. The third kappa shape index (κ3) is 1.96. The van der Waals surface area contributed by atoms with Crippen molar-refractivity contribution in [2.75, 3.05) is 19.8 Å². The topological polar surface area (TPSA) is 58.4 Å². The minimum absolute atomic E-state index is 0.0469. The molecule has 2 amide bonds. The lowest BCUT2D eigenvalue weighted by Crippen LogP contribution is -2.41. The number of hydrogen-bond donors (Lipinski definition) is 2. The first kappa shape index (κ1) is 10.8. The van der Waals surface area contributed by atoms with Gasteiger partial charge in [0, 0.05) is 19.8 Å². The number of amides is 2. The van der Waals surface area contributed by atoms with Crippen LogP contribution in [0.15, 0.2) is 24.3 Å². The quantitative estimate of drug-likeness (QED) is 0.741. The summed E-state index contributed by atoms with van der Waals surface area (Å²) in [6.45, 7) is 0. The smallest absolute Gasteiger partial charge is 0.317 e. The number of nitrogens with two attached hydrogens (primary N) is 1. The second kappa shape index (κ2) is 3.70. The number of nitrogens with one attached hydrogen (secondary N) is 1. The number of benzene rings is 1. The molecule has 86 valence electrons. The molecule has 4 nitrogen and oxygen atoms in total. The molecule has 1 aromatic carbocycles. The van der Waals surface area contributed by atoms with Crippen molar-refractivity contribution < 1.29 is 4.79 Å². The maximum absolute atomic E-state index is 11.6. The van der Waals surface area contributed by atoms with Gasteiger partial charge in [0.2, 0.25) is 0 Å². The highest BCUT2D eigenvalue weighted by atomic mass is 16.2. The van der Waals surface area contributed by atoms with Crippen molar-refractivity contribution in [2.45, 2.75) is 18.4 Å². The van der Waals surface area contributed by atoms with Gasteiger partial charge in [-0.1, -0.05) is 12.1 Å². The average Bonchev–Trinajstić information content (AvgIpc) is 2.99. The molecule has 0 heterocycles. The van der Waals surface area contributed by atoms with Gasteiger partial charge in [0.15, 0.2) is 0 Å². The van der Waals surface area contributed by atoms with Gasteiger partial charge in [-0.25, -0.2) is 4.79 Å². The summed E-state index contributed by atoms with van der Waals surface area (Å²) in [5.41, 5.74) is 7.37. The molecular formula is C12H17N3O. The summed E-state index contributed by atoms with van der Waals surface area (Å²) in [4.78, 5) is 13.2. The Hall–Kier alpha value is -1.71. The first-order valence-corrected chi connectivity index (χ1v) is 5.39. The lowest BCUT2D eigenvalue weighted by atomic mass is 10.0. The third-order valence-electron chi connectivity index (χ3n) is 2.97. The fourth-order valence-corrected chi connectivity index (χ4v) is 1.73. The Labute approximate surface area is 95.4 Å². The van der Waals surface area contributed by atoms with Gasteiger partial charge in [0.1, 0.15) is 0 Å². The van der Waals surface area contributed by atoms with Crippen LogP contribution < -0.4 is 11.1 Å². The minimum Gasteiger partial charge on any atom is -0.399 e. The van der Waals surface area contributed by atoms with E-state index in [1.54, 1.807) is 19.0 Å². The summed E-state index contributed by atoms with van der Waals surface area (Å²) in [5.74, 6) is 0. The van der Waals surface area contributed by atoms with Crippen molar-refractivity contribution in [3.05, 3.63) is 29.8 Å². The van der Waals surface area contributed by atoms with Crippen LogP contribution in [0.5, 0.6) is 0 Å². The van der Waals surface area contributed by atoms with E-state index < -0.39 is 0 Å². The molecule has 0 bridgehead atoms. The third-order valence-corrected chi connectivity index (χ3v) is 2.97. The lowest BCUT2D eigenvalue weighted by Gasteiger charge is -2.21. The van der Waals surface area contributed by atoms with E-state index in [1.807, 2.05) is 24.3 Å². The van der Waals surface area contributed by atoms with Crippen molar-refractivity contribution in [1.29, 1.82) is 0 Å². The molecule has 0 spiro atoms. The molecule has 1 aromatic rings. The summed E-state index contributed by atoms with van der Waals surface area (Å²) >= 11 is 0. The lowest BCUT2D eigenvalue weighted by molar-refractivity contribution is 0.211. The van der Waals surface area contributed by atoms with Crippen molar-refractivity contribution in [2.24, 2.45) is 0 Å². The Kier molecular flexibility index (Phi) is 2.50. The van der Waals surface area contributed by atoms with Gasteiger partial charge < -0.3 is 16.0 Å². The van der Waals surface area contributed by atoms with Gasteiger partial charge in [-0.2, -0.15) is 0 Å². The highest BCUT2D eigenvalue weighted by Crippen LogP contribution is 2.45. The van der Waals surface area contributed by atoms with Gasteiger partial charge in [-0.15, -0.1) is 0 Å². The molecule has 0 atom stereocenters. The number of hydrogen-bond acceptors (Lipinski definition) is 2. The predicted molar refractivity (Wildman–Crippen MR) is 64.0 cm³/mol. The highest BCUT2D eigenvalue weighted by Gasteiger charge is 2.45. The molecule has 1 saturated carbocycles. The van der Waals surface area contributed by atoms with Crippen LogP contribution in [-0.2, 0) is 5.54 Å². The van der Waals surface area contributed by atoms with Crippen LogP contribution in [-0.4, -0.2) is 25.0 Å². The van der Waals surface area contributed by atoms with Gasteiger partial charge >= 0.3 is 6.03 Å². The van der Waals surface area contributed by atoms with Gasteiger partial charge in [-0.05, 0) is 30.5 Å².